The summed E-state index contributed by atoms with van der Waals surface area (Å²) in [7, 11) is 0. The van der Waals surface area contributed by atoms with Crippen molar-refractivity contribution in [2.75, 3.05) is 17.8 Å². The van der Waals surface area contributed by atoms with Crippen LogP contribution in [0.15, 0.2) is 0 Å². The highest BCUT2D eigenvalue weighted by Crippen LogP contribution is 2.26. The van der Waals surface area contributed by atoms with Crippen molar-refractivity contribution in [3.63, 3.8) is 0 Å². The first-order valence-electron chi connectivity index (χ1n) is 4.71. The van der Waals surface area contributed by atoms with Gasteiger partial charge in [-0.2, -0.15) is 0 Å². The number of thiazole rings is 1. The second-order valence-corrected chi connectivity index (χ2v) is 4.64. The number of carbonyl (C=O) groups excluding carboxylic acids is 1. The normalized spacial score (nSPS) is 14.7. The third kappa shape index (κ3) is 2.68. The maximum Gasteiger partial charge on any atom is 0.227 e. The van der Waals surface area contributed by atoms with Crippen LogP contribution in [0.2, 0.25) is 0 Å². The van der Waals surface area contributed by atoms with Crippen LogP contribution in [0.25, 0.3) is 0 Å². The van der Waals surface area contributed by atoms with Crippen molar-refractivity contribution >= 4 is 34.0 Å². The van der Waals surface area contributed by atoms with Gasteiger partial charge < -0.3 is 10.1 Å². The quantitative estimate of drug-likeness (QED) is 0.828. The molecule has 0 radical (unpaired) electrons. The molecule has 0 aliphatic carbocycles. The highest BCUT2D eigenvalue weighted by molar-refractivity contribution is 7.15. The fourth-order valence-corrected chi connectivity index (χ4v) is 2.48. The molecule has 6 heteroatoms. The molecule has 1 N–H and O–H groups in total. The van der Waals surface area contributed by atoms with Gasteiger partial charge in [-0.15, -0.1) is 11.6 Å². The zero-order valence-electron chi connectivity index (χ0n) is 8.09. The molecule has 2 heterocycles. The Morgan fingerprint density at radius 2 is 2.53 bits per heavy atom. The lowest BCUT2D eigenvalue weighted by Gasteiger charge is -2.08. The Hall–Kier alpha value is -0.650. The number of fused-ring (bicyclic) bond motifs is 1. The van der Waals surface area contributed by atoms with E-state index < -0.39 is 0 Å². The minimum Gasteiger partial charge on any atom is -0.375 e. The molecule has 1 aromatic rings. The first-order valence-corrected chi connectivity index (χ1v) is 6.07. The van der Waals surface area contributed by atoms with Crippen LogP contribution in [0.4, 0.5) is 5.13 Å². The van der Waals surface area contributed by atoms with E-state index in [1.807, 2.05) is 0 Å². The van der Waals surface area contributed by atoms with Crippen LogP contribution in [0.5, 0.6) is 0 Å². The van der Waals surface area contributed by atoms with Gasteiger partial charge in [-0.1, -0.05) is 11.3 Å². The monoisotopic (exact) mass is 246 g/mol. The maximum atomic E-state index is 11.3. The van der Waals surface area contributed by atoms with Gasteiger partial charge in [-0.05, 0) is 0 Å². The Bertz CT molecular complexity index is 343. The minimum absolute atomic E-state index is 0.0861. The Morgan fingerprint density at radius 3 is 3.27 bits per heavy atom. The molecule has 1 aromatic heterocycles. The summed E-state index contributed by atoms with van der Waals surface area (Å²) >= 11 is 6.94. The number of anilines is 1. The van der Waals surface area contributed by atoms with E-state index in [1.54, 1.807) is 0 Å². The maximum absolute atomic E-state index is 11.3. The fourth-order valence-electron chi connectivity index (χ4n) is 1.35. The van der Waals surface area contributed by atoms with Crippen molar-refractivity contribution in [2.24, 2.45) is 0 Å². The van der Waals surface area contributed by atoms with Crippen LogP contribution in [0, 0.1) is 0 Å². The topological polar surface area (TPSA) is 51.2 Å². The molecule has 1 aliphatic heterocycles. The van der Waals surface area contributed by atoms with Crippen LogP contribution in [-0.4, -0.2) is 23.4 Å². The predicted molar refractivity (Wildman–Crippen MR) is 59.4 cm³/mol. The van der Waals surface area contributed by atoms with Gasteiger partial charge in [0.15, 0.2) is 5.13 Å². The summed E-state index contributed by atoms with van der Waals surface area (Å²) in [5.74, 6) is 0.247. The van der Waals surface area contributed by atoms with Crippen molar-refractivity contribution < 1.29 is 9.53 Å². The highest BCUT2D eigenvalue weighted by atomic mass is 35.5. The zero-order valence-corrected chi connectivity index (χ0v) is 9.66. The number of aromatic nitrogens is 1. The van der Waals surface area contributed by atoms with Gasteiger partial charge in [0, 0.05) is 18.7 Å². The second-order valence-electron chi connectivity index (χ2n) is 3.18. The van der Waals surface area contributed by atoms with Gasteiger partial charge in [-0.3, -0.25) is 4.79 Å². The van der Waals surface area contributed by atoms with Gasteiger partial charge in [-0.25, -0.2) is 4.98 Å². The minimum atomic E-state index is -0.0861. The standard InChI is InChI=1S/C9H11ClN2O2S/c10-3-1-8(13)12-9-11-6-2-4-14-5-7(6)15-9/h1-5H2,(H,11,12,13). The van der Waals surface area contributed by atoms with Gasteiger partial charge in [0.1, 0.15) is 0 Å². The van der Waals surface area contributed by atoms with Crippen LogP contribution in [0.1, 0.15) is 17.0 Å². The molecule has 0 fully saturated rings. The van der Waals surface area contributed by atoms with Gasteiger partial charge in [0.05, 0.1) is 23.8 Å². The fraction of sp³-hybridized carbons (Fsp3) is 0.556. The predicted octanol–water partition coefficient (Wildman–Crippen LogP) is 1.78. The molecule has 1 aliphatic rings. The van der Waals surface area contributed by atoms with Crippen molar-refractivity contribution in [1.29, 1.82) is 0 Å². The van der Waals surface area contributed by atoms with Crippen LogP contribution < -0.4 is 5.32 Å². The van der Waals surface area contributed by atoms with Crippen molar-refractivity contribution in [1.82, 2.24) is 4.98 Å². The number of rotatable bonds is 3. The first kappa shape index (κ1) is 10.9. The largest absolute Gasteiger partial charge is 0.375 e. The number of halogens is 1. The molecule has 0 saturated carbocycles. The third-order valence-corrected chi connectivity index (χ3v) is 3.24. The van der Waals surface area contributed by atoms with E-state index in [0.29, 0.717) is 30.6 Å². The van der Waals surface area contributed by atoms with Crippen LogP contribution >= 0.6 is 22.9 Å². The number of alkyl halides is 1. The summed E-state index contributed by atoms with van der Waals surface area (Å²) in [5.41, 5.74) is 1.05. The molecule has 0 spiro atoms. The Kier molecular flexibility index (Phi) is 3.56. The number of hydrogen-bond donors (Lipinski definition) is 1. The molecule has 0 saturated heterocycles. The lowest BCUT2D eigenvalue weighted by Crippen LogP contribution is -2.11. The lowest BCUT2D eigenvalue weighted by atomic mass is 10.2. The third-order valence-electron chi connectivity index (χ3n) is 2.06. The molecular weight excluding hydrogens is 236 g/mol. The van der Waals surface area contributed by atoms with E-state index in [-0.39, 0.29) is 5.91 Å². The molecule has 1 amide bonds. The van der Waals surface area contributed by atoms with Crippen LogP contribution in [0.3, 0.4) is 0 Å². The van der Waals surface area contributed by atoms with Gasteiger partial charge >= 0.3 is 0 Å². The number of amides is 1. The van der Waals surface area contributed by atoms with Gasteiger partial charge in [0.25, 0.3) is 0 Å². The SMILES string of the molecule is O=C(CCCl)Nc1nc2c(s1)COCC2. The smallest absolute Gasteiger partial charge is 0.227 e. The average Bonchev–Trinajstić information content (AvgIpc) is 2.59. The molecule has 15 heavy (non-hydrogen) atoms. The molecule has 2 rings (SSSR count). The molecule has 4 nitrogen and oxygen atoms in total. The number of carbonyl (C=O) groups is 1. The summed E-state index contributed by atoms with van der Waals surface area (Å²) in [4.78, 5) is 16.7. The van der Waals surface area contributed by atoms with E-state index in [2.05, 4.69) is 10.3 Å². The summed E-state index contributed by atoms with van der Waals surface area (Å²) < 4.78 is 5.30. The van der Waals surface area contributed by atoms with E-state index in [4.69, 9.17) is 16.3 Å². The summed E-state index contributed by atoms with van der Waals surface area (Å²) in [5, 5.41) is 3.38. The number of nitrogens with zero attached hydrogens (tertiary/aromatic N) is 1. The van der Waals surface area contributed by atoms with Crippen molar-refractivity contribution in [3.8, 4) is 0 Å². The molecular formula is C9H11ClN2O2S. The lowest BCUT2D eigenvalue weighted by molar-refractivity contribution is -0.115. The van der Waals surface area contributed by atoms with E-state index >= 15 is 0 Å². The number of hydrogen-bond acceptors (Lipinski definition) is 4. The van der Waals surface area contributed by atoms with Gasteiger partial charge in [0.2, 0.25) is 5.91 Å². The van der Waals surface area contributed by atoms with Crippen molar-refractivity contribution in [3.05, 3.63) is 10.6 Å². The summed E-state index contributed by atoms with van der Waals surface area (Å²) in [6.45, 7) is 1.32. The summed E-state index contributed by atoms with van der Waals surface area (Å²) in [6, 6.07) is 0. The molecule has 0 aromatic carbocycles. The molecule has 0 bridgehead atoms. The Balaban J connectivity index is 2.03. The molecule has 82 valence electrons. The number of nitrogens with one attached hydrogen (secondary N) is 1. The van der Waals surface area contributed by atoms with E-state index in [9.17, 15) is 4.79 Å². The average molecular weight is 247 g/mol. The summed E-state index contributed by atoms with van der Waals surface area (Å²) in [6.07, 6.45) is 1.15. The number of ether oxygens (including phenoxy) is 1. The Morgan fingerprint density at radius 1 is 1.67 bits per heavy atom. The van der Waals surface area contributed by atoms with E-state index in [0.717, 1.165) is 17.0 Å². The Labute approximate surface area is 96.6 Å². The highest BCUT2D eigenvalue weighted by Gasteiger charge is 2.16. The zero-order chi connectivity index (χ0) is 10.7. The van der Waals surface area contributed by atoms with Crippen molar-refractivity contribution in [2.45, 2.75) is 19.4 Å². The molecule has 0 atom stereocenters. The van der Waals surface area contributed by atoms with E-state index in [1.165, 1.54) is 11.3 Å². The second kappa shape index (κ2) is 4.92. The first-order chi connectivity index (χ1) is 7.29. The molecule has 0 unspecified atom stereocenters. The van der Waals surface area contributed by atoms with Crippen LogP contribution in [-0.2, 0) is 22.6 Å².